The lowest BCUT2D eigenvalue weighted by Gasteiger charge is -2.35. The molecule has 1 rings (SSSR count). The number of nitrogens with one attached hydrogen (secondary N) is 1. The van der Waals surface area contributed by atoms with E-state index in [1.807, 2.05) is 0 Å². The first-order valence-electron chi connectivity index (χ1n) is 5.98. The van der Waals surface area contributed by atoms with Crippen molar-refractivity contribution >= 4 is 0 Å². The molecule has 14 heavy (non-hydrogen) atoms. The normalized spacial score (nSPS) is 26.1. The molecule has 0 aromatic rings. The molecule has 2 nitrogen and oxygen atoms in total. The zero-order chi connectivity index (χ0) is 10.6. The Balaban J connectivity index is 2.48. The van der Waals surface area contributed by atoms with Crippen molar-refractivity contribution in [3.63, 3.8) is 0 Å². The largest absolute Gasteiger partial charge is 0.314 e. The van der Waals surface area contributed by atoms with Gasteiger partial charge < -0.3 is 5.32 Å². The predicted octanol–water partition coefficient (Wildman–Crippen LogP) is 2.25. The Labute approximate surface area is 89.1 Å². The van der Waals surface area contributed by atoms with Crippen LogP contribution in [0, 0.1) is 0 Å². The molecule has 1 N–H and O–H groups in total. The van der Waals surface area contributed by atoms with Crippen LogP contribution in [0.5, 0.6) is 0 Å². The van der Waals surface area contributed by atoms with Crippen LogP contribution >= 0.6 is 0 Å². The Kier molecular flexibility index (Phi) is 4.39. The molecular weight excluding hydrogens is 172 g/mol. The van der Waals surface area contributed by atoms with Gasteiger partial charge in [0.2, 0.25) is 0 Å². The molecule has 1 atom stereocenters. The lowest BCUT2D eigenvalue weighted by molar-refractivity contribution is 0.163. The number of likely N-dealkylation sites (tertiary alicyclic amines) is 1. The molecule has 0 aromatic heterocycles. The highest BCUT2D eigenvalue weighted by Crippen LogP contribution is 2.18. The summed E-state index contributed by atoms with van der Waals surface area (Å²) in [4.78, 5) is 2.64. The van der Waals surface area contributed by atoms with Crippen LogP contribution in [0.3, 0.4) is 0 Å². The van der Waals surface area contributed by atoms with Crippen molar-refractivity contribution in [1.29, 1.82) is 0 Å². The first-order chi connectivity index (χ1) is 6.55. The van der Waals surface area contributed by atoms with Crippen LogP contribution in [0.15, 0.2) is 0 Å². The molecule has 0 aliphatic carbocycles. The molecule has 0 radical (unpaired) electrons. The Morgan fingerprint density at radius 2 is 2.00 bits per heavy atom. The topological polar surface area (TPSA) is 15.3 Å². The van der Waals surface area contributed by atoms with Gasteiger partial charge in [0, 0.05) is 18.1 Å². The van der Waals surface area contributed by atoms with Gasteiger partial charge in [-0.3, -0.25) is 4.90 Å². The molecule has 0 spiro atoms. The lowest BCUT2D eigenvalue weighted by atomic mass is 10.0. The van der Waals surface area contributed by atoms with Gasteiger partial charge in [0.1, 0.15) is 0 Å². The van der Waals surface area contributed by atoms with E-state index in [0.717, 1.165) is 6.04 Å². The van der Waals surface area contributed by atoms with E-state index >= 15 is 0 Å². The van der Waals surface area contributed by atoms with Crippen molar-refractivity contribution < 1.29 is 0 Å². The van der Waals surface area contributed by atoms with Crippen LogP contribution in [-0.4, -0.2) is 36.6 Å². The van der Waals surface area contributed by atoms with Crippen molar-refractivity contribution in [2.24, 2.45) is 0 Å². The third-order valence-corrected chi connectivity index (χ3v) is 3.47. The average Bonchev–Trinajstić information content (AvgIpc) is 2.32. The molecule has 0 aromatic carbocycles. The summed E-state index contributed by atoms with van der Waals surface area (Å²) in [7, 11) is 2.06. The highest BCUT2D eigenvalue weighted by molar-refractivity contribution is 4.83. The van der Waals surface area contributed by atoms with Crippen molar-refractivity contribution in [2.45, 2.75) is 58.0 Å². The highest BCUT2D eigenvalue weighted by Gasteiger charge is 2.23. The van der Waals surface area contributed by atoms with E-state index in [9.17, 15) is 0 Å². The van der Waals surface area contributed by atoms with Gasteiger partial charge in [-0.15, -0.1) is 0 Å². The second kappa shape index (κ2) is 5.13. The van der Waals surface area contributed by atoms with Gasteiger partial charge in [0.25, 0.3) is 0 Å². The minimum Gasteiger partial charge on any atom is -0.314 e. The molecule has 1 aliphatic rings. The van der Waals surface area contributed by atoms with E-state index in [4.69, 9.17) is 0 Å². The van der Waals surface area contributed by atoms with E-state index in [1.165, 1.54) is 38.8 Å². The fourth-order valence-corrected chi connectivity index (χ4v) is 2.16. The van der Waals surface area contributed by atoms with Crippen LogP contribution in [0.4, 0.5) is 0 Å². The summed E-state index contributed by atoms with van der Waals surface area (Å²) < 4.78 is 0. The fraction of sp³-hybridized carbons (Fsp3) is 1.00. The van der Waals surface area contributed by atoms with Gasteiger partial charge >= 0.3 is 0 Å². The van der Waals surface area contributed by atoms with Gasteiger partial charge in [0.05, 0.1) is 0 Å². The molecule has 1 fully saturated rings. The number of rotatable bonds is 3. The zero-order valence-electron chi connectivity index (χ0n) is 10.3. The number of hydrogen-bond donors (Lipinski definition) is 1. The Hall–Kier alpha value is -0.0800. The van der Waals surface area contributed by atoms with E-state index in [2.05, 4.69) is 38.0 Å². The maximum Gasteiger partial charge on any atom is 0.0249 e. The molecule has 2 heteroatoms. The third kappa shape index (κ3) is 3.58. The minimum absolute atomic E-state index is 0.249. The van der Waals surface area contributed by atoms with Crippen molar-refractivity contribution in [2.75, 3.05) is 20.1 Å². The van der Waals surface area contributed by atoms with E-state index in [-0.39, 0.29) is 5.54 Å². The molecular formula is C12H26N2. The summed E-state index contributed by atoms with van der Waals surface area (Å²) >= 11 is 0. The summed E-state index contributed by atoms with van der Waals surface area (Å²) in [6.45, 7) is 9.39. The Morgan fingerprint density at radius 3 is 2.64 bits per heavy atom. The monoisotopic (exact) mass is 198 g/mol. The minimum atomic E-state index is 0.249. The summed E-state index contributed by atoms with van der Waals surface area (Å²) in [5.41, 5.74) is 0.249. The van der Waals surface area contributed by atoms with Gasteiger partial charge in [0.15, 0.2) is 0 Å². The molecule has 0 saturated carbocycles. The van der Waals surface area contributed by atoms with Gasteiger partial charge in [-0.25, -0.2) is 0 Å². The summed E-state index contributed by atoms with van der Waals surface area (Å²) in [5, 5.41) is 3.39. The maximum absolute atomic E-state index is 3.39. The van der Waals surface area contributed by atoms with Crippen LogP contribution in [0.2, 0.25) is 0 Å². The second-order valence-corrected chi connectivity index (χ2v) is 5.30. The first kappa shape index (κ1) is 12.0. The molecule has 0 amide bonds. The number of nitrogens with zero attached hydrogens (tertiary/aromatic N) is 1. The molecule has 1 heterocycles. The SMILES string of the molecule is CNC(C)(C)CN1CCCCCC1C. The fourth-order valence-electron chi connectivity index (χ4n) is 2.16. The van der Waals surface area contributed by atoms with E-state index < -0.39 is 0 Å². The molecule has 1 aliphatic heterocycles. The Morgan fingerprint density at radius 1 is 1.29 bits per heavy atom. The van der Waals surface area contributed by atoms with Crippen LogP contribution in [0.25, 0.3) is 0 Å². The van der Waals surface area contributed by atoms with Crippen molar-refractivity contribution in [3.8, 4) is 0 Å². The molecule has 84 valence electrons. The van der Waals surface area contributed by atoms with E-state index in [1.54, 1.807) is 0 Å². The van der Waals surface area contributed by atoms with Crippen LogP contribution in [0.1, 0.15) is 46.5 Å². The number of hydrogen-bond acceptors (Lipinski definition) is 2. The average molecular weight is 198 g/mol. The standard InChI is InChI=1S/C12H26N2/c1-11-8-6-5-7-9-14(11)10-12(2,3)13-4/h11,13H,5-10H2,1-4H3. The third-order valence-electron chi connectivity index (χ3n) is 3.47. The highest BCUT2D eigenvalue weighted by atomic mass is 15.2. The summed E-state index contributed by atoms with van der Waals surface area (Å²) in [6, 6.07) is 0.769. The maximum atomic E-state index is 3.39. The molecule has 1 saturated heterocycles. The van der Waals surface area contributed by atoms with Crippen molar-refractivity contribution in [1.82, 2.24) is 10.2 Å². The smallest absolute Gasteiger partial charge is 0.0249 e. The molecule has 0 bridgehead atoms. The Bertz CT molecular complexity index is 166. The van der Waals surface area contributed by atoms with Gasteiger partial charge in [-0.2, -0.15) is 0 Å². The predicted molar refractivity (Wildman–Crippen MR) is 62.6 cm³/mol. The van der Waals surface area contributed by atoms with Crippen LogP contribution in [-0.2, 0) is 0 Å². The quantitative estimate of drug-likeness (QED) is 0.748. The van der Waals surface area contributed by atoms with Crippen molar-refractivity contribution in [3.05, 3.63) is 0 Å². The number of likely N-dealkylation sites (N-methyl/N-ethyl adjacent to an activating group) is 1. The zero-order valence-corrected chi connectivity index (χ0v) is 10.3. The van der Waals surface area contributed by atoms with Gasteiger partial charge in [-0.05, 0) is 47.2 Å². The summed E-state index contributed by atoms with van der Waals surface area (Å²) in [5.74, 6) is 0. The van der Waals surface area contributed by atoms with Crippen LogP contribution < -0.4 is 5.32 Å². The van der Waals surface area contributed by atoms with Gasteiger partial charge in [-0.1, -0.05) is 12.8 Å². The first-order valence-corrected chi connectivity index (χ1v) is 5.98. The summed E-state index contributed by atoms with van der Waals surface area (Å²) in [6.07, 6.45) is 5.59. The van der Waals surface area contributed by atoms with E-state index in [0.29, 0.717) is 0 Å². The second-order valence-electron chi connectivity index (χ2n) is 5.30. The molecule has 1 unspecified atom stereocenters. The lowest BCUT2D eigenvalue weighted by Crippen LogP contribution is -2.49.